The smallest absolute Gasteiger partial charge is 0.264 e. The van der Waals surface area contributed by atoms with Crippen molar-refractivity contribution >= 4 is 39.1 Å². The Bertz CT molecular complexity index is 1480. The third-order valence-corrected chi connectivity index (χ3v) is 9.59. The fraction of sp³-hybridized carbons (Fsp3) is 0.375. The third-order valence-electron chi connectivity index (χ3n) is 7.58. The molecule has 1 N–H and O–H groups in total. The third kappa shape index (κ3) is 7.44. The standard InChI is InChI=1S/C32H38ClN3O5S/c1-4-28(32(38)34-26-10-8-9-11-26)35(21-24-16-14-23(2)15-17-24)31(37)22-36(29-20-25(33)18-19-30(29)41-3)42(39,40)27-12-6-5-7-13-27/h5-7,12-20,26,28H,4,8-11,21-22H2,1-3H3,(H,34,38)/t28-/m1/s1. The zero-order valence-electron chi connectivity index (χ0n) is 24.3. The van der Waals surface area contributed by atoms with E-state index in [0.29, 0.717) is 6.42 Å². The molecule has 1 fully saturated rings. The van der Waals surface area contributed by atoms with E-state index >= 15 is 0 Å². The minimum absolute atomic E-state index is 0.0101. The van der Waals surface area contributed by atoms with Gasteiger partial charge in [-0.05, 0) is 62.1 Å². The number of hydrogen-bond acceptors (Lipinski definition) is 5. The highest BCUT2D eigenvalue weighted by Gasteiger charge is 2.35. The zero-order valence-corrected chi connectivity index (χ0v) is 25.8. The fourth-order valence-corrected chi connectivity index (χ4v) is 6.87. The van der Waals surface area contributed by atoms with Crippen molar-refractivity contribution < 1.29 is 22.7 Å². The van der Waals surface area contributed by atoms with Crippen molar-refractivity contribution in [3.8, 4) is 5.75 Å². The van der Waals surface area contributed by atoms with Crippen LogP contribution < -0.4 is 14.4 Å². The van der Waals surface area contributed by atoms with Gasteiger partial charge in [0, 0.05) is 17.6 Å². The number of benzene rings is 3. The first-order valence-electron chi connectivity index (χ1n) is 14.2. The molecule has 3 aromatic rings. The number of methoxy groups -OCH3 is 1. The molecule has 42 heavy (non-hydrogen) atoms. The number of amides is 2. The predicted molar refractivity (Wildman–Crippen MR) is 165 cm³/mol. The first-order valence-corrected chi connectivity index (χ1v) is 16.0. The summed E-state index contributed by atoms with van der Waals surface area (Å²) in [6.07, 6.45) is 4.29. The highest BCUT2D eigenvalue weighted by atomic mass is 35.5. The van der Waals surface area contributed by atoms with Crippen molar-refractivity contribution in [2.24, 2.45) is 0 Å². The molecule has 0 spiro atoms. The number of anilines is 1. The Labute approximate surface area is 253 Å². The minimum Gasteiger partial charge on any atom is -0.495 e. The van der Waals surface area contributed by atoms with Gasteiger partial charge in [0.1, 0.15) is 18.3 Å². The maximum atomic E-state index is 14.3. The Kier molecular flexibility index (Phi) is 10.5. The number of rotatable bonds is 12. The largest absolute Gasteiger partial charge is 0.495 e. The molecule has 0 bridgehead atoms. The van der Waals surface area contributed by atoms with Gasteiger partial charge in [-0.2, -0.15) is 0 Å². The molecular formula is C32H38ClN3O5S. The Hall–Kier alpha value is -3.56. The van der Waals surface area contributed by atoms with Crippen LogP contribution in [0.25, 0.3) is 0 Å². The lowest BCUT2D eigenvalue weighted by Crippen LogP contribution is -2.53. The molecule has 0 heterocycles. The first kappa shape index (κ1) is 31.4. The highest BCUT2D eigenvalue weighted by molar-refractivity contribution is 7.92. The number of halogens is 1. The van der Waals surface area contributed by atoms with E-state index in [0.717, 1.165) is 41.1 Å². The molecule has 1 aliphatic rings. The quantitative estimate of drug-likeness (QED) is 0.283. The second-order valence-corrected chi connectivity index (χ2v) is 12.9. The molecule has 4 rings (SSSR count). The molecule has 1 aliphatic carbocycles. The van der Waals surface area contributed by atoms with Gasteiger partial charge >= 0.3 is 0 Å². The number of nitrogens with one attached hydrogen (secondary N) is 1. The molecule has 0 aromatic heterocycles. The highest BCUT2D eigenvalue weighted by Crippen LogP contribution is 2.35. The number of hydrogen-bond donors (Lipinski definition) is 1. The van der Waals surface area contributed by atoms with E-state index in [2.05, 4.69) is 5.32 Å². The molecule has 0 saturated heterocycles. The summed E-state index contributed by atoms with van der Waals surface area (Å²) in [6, 6.07) is 19.5. The average Bonchev–Trinajstić information content (AvgIpc) is 3.50. The number of aryl methyl sites for hydroxylation is 1. The molecule has 224 valence electrons. The lowest BCUT2D eigenvalue weighted by atomic mass is 10.1. The van der Waals surface area contributed by atoms with Crippen LogP contribution in [0.5, 0.6) is 5.75 Å². The van der Waals surface area contributed by atoms with Gasteiger partial charge in [-0.1, -0.05) is 79.4 Å². The van der Waals surface area contributed by atoms with Gasteiger partial charge in [0.05, 0.1) is 17.7 Å². The van der Waals surface area contributed by atoms with Crippen LogP contribution in [-0.2, 0) is 26.2 Å². The van der Waals surface area contributed by atoms with E-state index in [1.54, 1.807) is 30.3 Å². The maximum absolute atomic E-state index is 14.3. The summed E-state index contributed by atoms with van der Waals surface area (Å²) in [5.41, 5.74) is 2.02. The molecule has 8 nitrogen and oxygen atoms in total. The molecular weight excluding hydrogens is 574 g/mol. The lowest BCUT2D eigenvalue weighted by Gasteiger charge is -2.34. The topological polar surface area (TPSA) is 96.0 Å². The second kappa shape index (κ2) is 14.1. The number of carbonyl (C=O) groups is 2. The van der Waals surface area contributed by atoms with E-state index in [1.165, 1.54) is 30.2 Å². The van der Waals surface area contributed by atoms with Gasteiger partial charge in [0.2, 0.25) is 11.8 Å². The molecule has 1 saturated carbocycles. The van der Waals surface area contributed by atoms with Crippen molar-refractivity contribution in [3.05, 3.63) is 88.9 Å². The summed E-state index contributed by atoms with van der Waals surface area (Å²) in [4.78, 5) is 29.3. The summed E-state index contributed by atoms with van der Waals surface area (Å²) < 4.78 is 34.6. The first-order chi connectivity index (χ1) is 20.1. The average molecular weight is 612 g/mol. The van der Waals surface area contributed by atoms with Crippen LogP contribution in [0.15, 0.2) is 77.7 Å². The monoisotopic (exact) mass is 611 g/mol. The molecule has 0 radical (unpaired) electrons. The minimum atomic E-state index is -4.24. The summed E-state index contributed by atoms with van der Waals surface area (Å²) >= 11 is 6.30. The van der Waals surface area contributed by atoms with E-state index in [-0.39, 0.29) is 39.8 Å². The Morgan fingerprint density at radius 3 is 2.31 bits per heavy atom. The maximum Gasteiger partial charge on any atom is 0.264 e. The zero-order chi connectivity index (χ0) is 30.3. The lowest BCUT2D eigenvalue weighted by molar-refractivity contribution is -0.140. The van der Waals surface area contributed by atoms with Crippen LogP contribution >= 0.6 is 11.6 Å². The van der Waals surface area contributed by atoms with Crippen LogP contribution in [0.4, 0.5) is 5.69 Å². The number of carbonyl (C=O) groups excluding carboxylic acids is 2. The number of sulfonamides is 1. The van der Waals surface area contributed by atoms with Crippen molar-refractivity contribution in [3.63, 3.8) is 0 Å². The summed E-state index contributed by atoms with van der Waals surface area (Å²) in [5, 5.41) is 3.41. The molecule has 1 atom stereocenters. The fourth-order valence-electron chi connectivity index (χ4n) is 5.27. The van der Waals surface area contributed by atoms with Crippen molar-refractivity contribution in [1.29, 1.82) is 0 Å². The van der Waals surface area contributed by atoms with Gasteiger partial charge in [-0.25, -0.2) is 8.42 Å². The van der Waals surface area contributed by atoms with Gasteiger partial charge in [0.25, 0.3) is 10.0 Å². The normalized spacial score (nSPS) is 14.3. The molecule has 2 amide bonds. The number of ether oxygens (including phenoxy) is 1. The van der Waals surface area contributed by atoms with E-state index in [4.69, 9.17) is 16.3 Å². The van der Waals surface area contributed by atoms with E-state index in [1.807, 2.05) is 38.1 Å². The van der Waals surface area contributed by atoms with Crippen LogP contribution in [0.3, 0.4) is 0 Å². The van der Waals surface area contributed by atoms with Crippen molar-refractivity contribution in [1.82, 2.24) is 10.2 Å². The number of nitrogens with zero attached hydrogens (tertiary/aromatic N) is 2. The molecule has 3 aromatic carbocycles. The SMILES string of the molecule is CC[C@H](C(=O)NC1CCCC1)N(Cc1ccc(C)cc1)C(=O)CN(c1cc(Cl)ccc1OC)S(=O)(=O)c1ccccc1. The van der Waals surface area contributed by atoms with Crippen molar-refractivity contribution in [2.75, 3.05) is 18.0 Å². The molecule has 0 aliphatic heterocycles. The molecule has 10 heteroatoms. The van der Waals surface area contributed by atoms with Gasteiger partial charge in [0.15, 0.2) is 0 Å². The van der Waals surface area contributed by atoms with Crippen molar-refractivity contribution in [2.45, 2.75) is 69.5 Å². The Morgan fingerprint density at radius 1 is 1.02 bits per heavy atom. The van der Waals surface area contributed by atoms with E-state index in [9.17, 15) is 18.0 Å². The van der Waals surface area contributed by atoms with Crippen LogP contribution in [0.1, 0.15) is 50.2 Å². The second-order valence-electron chi connectivity index (χ2n) is 10.6. The predicted octanol–water partition coefficient (Wildman–Crippen LogP) is 5.72. The Morgan fingerprint density at radius 2 is 1.69 bits per heavy atom. The Balaban J connectivity index is 1.75. The summed E-state index contributed by atoms with van der Waals surface area (Å²) in [7, 11) is -2.81. The summed E-state index contributed by atoms with van der Waals surface area (Å²) in [6.45, 7) is 3.41. The van der Waals surface area contributed by atoms with Crippen LogP contribution in [0, 0.1) is 6.92 Å². The van der Waals surface area contributed by atoms with Gasteiger partial charge in [-0.15, -0.1) is 0 Å². The van der Waals surface area contributed by atoms with Crippen LogP contribution in [-0.4, -0.2) is 50.9 Å². The van der Waals surface area contributed by atoms with E-state index < -0.39 is 28.5 Å². The summed E-state index contributed by atoms with van der Waals surface area (Å²) in [5.74, 6) is -0.518. The van der Waals surface area contributed by atoms with Crippen LogP contribution in [0.2, 0.25) is 5.02 Å². The van der Waals surface area contributed by atoms with Gasteiger partial charge in [-0.3, -0.25) is 13.9 Å². The molecule has 0 unspecified atom stereocenters. The van der Waals surface area contributed by atoms with Gasteiger partial charge < -0.3 is 15.0 Å².